The first-order valence-electron chi connectivity index (χ1n) is 17.2. The summed E-state index contributed by atoms with van der Waals surface area (Å²) in [5.74, 6) is 0. The van der Waals surface area contributed by atoms with E-state index in [-0.39, 0.29) is 47.5 Å². The van der Waals surface area contributed by atoms with Gasteiger partial charge in [-0.2, -0.15) is 0 Å². The van der Waals surface area contributed by atoms with Crippen molar-refractivity contribution in [3.63, 3.8) is 0 Å². The van der Waals surface area contributed by atoms with Gasteiger partial charge in [-0.25, -0.2) is 16.8 Å². The predicted molar refractivity (Wildman–Crippen MR) is 186 cm³/mol. The maximum atomic E-state index is 10.8. The Labute approximate surface area is 306 Å². The monoisotopic (exact) mass is 690 g/mol. The van der Waals surface area contributed by atoms with Gasteiger partial charge in [-0.15, -0.1) is 0 Å². The largest absolute Gasteiger partial charge is 2.00 e. The number of rotatable bonds is 24. The minimum absolute atomic E-state index is 0. The molecule has 0 saturated heterocycles. The van der Waals surface area contributed by atoms with Gasteiger partial charge in [0.05, 0.1) is 9.79 Å². The molecule has 0 bridgehead atoms. The van der Waals surface area contributed by atoms with Crippen molar-refractivity contribution in [1.82, 2.24) is 0 Å². The van der Waals surface area contributed by atoms with Gasteiger partial charge in [-0.1, -0.05) is 154 Å². The molecule has 0 heterocycles. The molecule has 0 spiro atoms. The van der Waals surface area contributed by atoms with Crippen molar-refractivity contribution in [2.24, 2.45) is 0 Å². The molecule has 0 N–H and O–H groups in total. The van der Waals surface area contributed by atoms with Crippen LogP contribution in [0.25, 0.3) is 0 Å². The van der Waals surface area contributed by atoms with Crippen LogP contribution in [0.1, 0.15) is 153 Å². The number of hydrogen-bond acceptors (Lipinski definition) is 6. The van der Waals surface area contributed by atoms with Gasteiger partial charge >= 0.3 is 37.7 Å². The molecular formula is C36H58CaO6S2. The molecule has 0 saturated carbocycles. The Hall–Kier alpha value is -0.480. The standard InChI is InChI=1S/2C18H30O3S.Ca/c2*1-2-3-4-5-6-7-8-9-10-11-12-17-13-15-18(16-14-17)22(19,20)21;/h2*13-16H,2-12H2,1H3,(H,19,20,21);/q;;+2/p-2. The van der Waals surface area contributed by atoms with Crippen LogP contribution in [0.4, 0.5) is 0 Å². The number of hydrogen-bond donors (Lipinski definition) is 0. The Morgan fingerprint density at radius 1 is 0.400 bits per heavy atom. The summed E-state index contributed by atoms with van der Waals surface area (Å²) in [4.78, 5) is -0.279. The molecule has 0 unspecified atom stereocenters. The van der Waals surface area contributed by atoms with Gasteiger partial charge in [0.1, 0.15) is 20.2 Å². The Morgan fingerprint density at radius 3 is 0.844 bits per heavy atom. The zero-order valence-electron chi connectivity index (χ0n) is 28.1. The van der Waals surface area contributed by atoms with Gasteiger partial charge in [0.15, 0.2) is 0 Å². The molecule has 0 aliphatic carbocycles. The van der Waals surface area contributed by atoms with E-state index >= 15 is 0 Å². The van der Waals surface area contributed by atoms with Crippen LogP contribution in [0.3, 0.4) is 0 Å². The van der Waals surface area contributed by atoms with Crippen molar-refractivity contribution in [3.8, 4) is 0 Å². The van der Waals surface area contributed by atoms with E-state index in [2.05, 4.69) is 13.8 Å². The van der Waals surface area contributed by atoms with Gasteiger partial charge in [-0.3, -0.25) is 0 Å². The van der Waals surface area contributed by atoms with Crippen LogP contribution in [-0.4, -0.2) is 63.7 Å². The summed E-state index contributed by atoms with van der Waals surface area (Å²) in [5, 5.41) is 0. The zero-order valence-corrected chi connectivity index (χ0v) is 32.0. The molecule has 0 aromatic heterocycles. The molecule has 2 aromatic rings. The molecule has 2 aromatic carbocycles. The van der Waals surface area contributed by atoms with Crippen molar-refractivity contribution in [3.05, 3.63) is 59.7 Å². The van der Waals surface area contributed by atoms with E-state index in [9.17, 15) is 25.9 Å². The molecule has 0 aliphatic heterocycles. The molecule has 0 atom stereocenters. The molecular weight excluding hydrogens is 633 g/mol. The Morgan fingerprint density at radius 2 is 0.622 bits per heavy atom. The van der Waals surface area contributed by atoms with Crippen LogP contribution in [0, 0.1) is 0 Å². The molecule has 9 heteroatoms. The van der Waals surface area contributed by atoms with Gasteiger partial charge in [0.2, 0.25) is 0 Å². The minimum Gasteiger partial charge on any atom is -0.744 e. The fourth-order valence-corrected chi connectivity index (χ4v) is 6.22. The summed E-state index contributed by atoms with van der Waals surface area (Å²) in [7, 11) is -8.63. The van der Waals surface area contributed by atoms with E-state index in [1.54, 1.807) is 24.3 Å². The molecule has 6 nitrogen and oxygen atoms in total. The fraction of sp³-hybridized carbons (Fsp3) is 0.667. The van der Waals surface area contributed by atoms with Crippen molar-refractivity contribution in [1.29, 1.82) is 0 Å². The molecule has 252 valence electrons. The fourth-order valence-electron chi connectivity index (χ4n) is 5.28. The summed E-state index contributed by atoms with van der Waals surface area (Å²) in [5.41, 5.74) is 2.21. The first kappa shape index (κ1) is 44.5. The van der Waals surface area contributed by atoms with E-state index in [4.69, 9.17) is 0 Å². The van der Waals surface area contributed by atoms with Crippen LogP contribution < -0.4 is 0 Å². The minimum atomic E-state index is -4.31. The van der Waals surface area contributed by atoms with E-state index in [0.717, 1.165) is 36.8 Å². The topological polar surface area (TPSA) is 114 Å². The molecule has 0 amide bonds. The van der Waals surface area contributed by atoms with Gasteiger partial charge in [0, 0.05) is 0 Å². The predicted octanol–water partition coefficient (Wildman–Crippen LogP) is 9.73. The SMILES string of the molecule is CCCCCCCCCCCCc1ccc(S(=O)(=O)[O-])cc1.CCCCCCCCCCCCc1ccc(S(=O)(=O)[O-])cc1.[Ca+2]. The van der Waals surface area contributed by atoms with Crippen LogP contribution >= 0.6 is 0 Å². The first-order valence-corrected chi connectivity index (χ1v) is 20.0. The quantitative estimate of drug-likeness (QED) is 0.0615. The Kier molecular flexibility index (Phi) is 27.2. The Bertz CT molecular complexity index is 1090. The van der Waals surface area contributed by atoms with Gasteiger partial charge < -0.3 is 9.11 Å². The van der Waals surface area contributed by atoms with E-state index < -0.39 is 20.2 Å². The molecule has 45 heavy (non-hydrogen) atoms. The summed E-state index contributed by atoms with van der Waals surface area (Å²) in [6.45, 7) is 4.49. The van der Waals surface area contributed by atoms with Gasteiger partial charge in [0.25, 0.3) is 0 Å². The first-order chi connectivity index (χ1) is 21.1. The summed E-state index contributed by atoms with van der Waals surface area (Å²) in [6.07, 6.45) is 28.1. The smallest absolute Gasteiger partial charge is 0.744 e. The van der Waals surface area contributed by atoms with Crippen LogP contribution in [0.2, 0.25) is 0 Å². The van der Waals surface area contributed by atoms with Crippen LogP contribution in [-0.2, 0) is 33.1 Å². The van der Waals surface area contributed by atoms with Crippen molar-refractivity contribution in [2.75, 3.05) is 0 Å². The van der Waals surface area contributed by atoms with Gasteiger partial charge in [-0.05, 0) is 61.1 Å². The number of unbranched alkanes of at least 4 members (excludes halogenated alkanes) is 18. The van der Waals surface area contributed by atoms with E-state index in [1.165, 1.54) is 140 Å². The average molecular weight is 691 g/mol. The maximum absolute atomic E-state index is 10.8. The number of benzene rings is 2. The van der Waals surface area contributed by atoms with Crippen molar-refractivity contribution in [2.45, 2.75) is 165 Å². The Balaban J connectivity index is 0.000000842. The van der Waals surface area contributed by atoms with Crippen LogP contribution in [0.5, 0.6) is 0 Å². The summed E-state index contributed by atoms with van der Waals surface area (Å²) in [6, 6.07) is 12.6. The van der Waals surface area contributed by atoms with Crippen molar-refractivity contribution < 1.29 is 25.9 Å². The second kappa shape index (κ2) is 27.5. The van der Waals surface area contributed by atoms with E-state index in [0.29, 0.717) is 0 Å². The number of aryl methyl sites for hydroxylation is 2. The normalized spacial score (nSPS) is 11.5. The second-order valence-electron chi connectivity index (χ2n) is 12.1. The zero-order chi connectivity index (χ0) is 32.5. The molecule has 0 aliphatic rings. The van der Waals surface area contributed by atoms with Crippen molar-refractivity contribution >= 4 is 58.0 Å². The third-order valence-electron chi connectivity index (χ3n) is 8.06. The summed E-state index contributed by atoms with van der Waals surface area (Å²) < 4.78 is 65.0. The van der Waals surface area contributed by atoms with E-state index in [1.807, 2.05) is 0 Å². The third kappa shape index (κ3) is 24.3. The third-order valence-corrected chi connectivity index (χ3v) is 9.76. The summed E-state index contributed by atoms with van der Waals surface area (Å²) >= 11 is 0. The van der Waals surface area contributed by atoms with Crippen LogP contribution in [0.15, 0.2) is 58.3 Å². The second-order valence-corrected chi connectivity index (χ2v) is 14.8. The molecule has 0 fully saturated rings. The average Bonchev–Trinajstić information content (AvgIpc) is 2.99. The molecule has 2 rings (SSSR count). The molecule has 0 radical (unpaired) electrons. The maximum Gasteiger partial charge on any atom is 2.00 e.